The third kappa shape index (κ3) is 1.85. The highest BCUT2D eigenvalue weighted by molar-refractivity contribution is 5.88. The first-order valence-corrected chi connectivity index (χ1v) is 4.78. The van der Waals surface area contributed by atoms with E-state index in [0.29, 0.717) is 32.4 Å². The molecule has 4 heteroatoms. The summed E-state index contributed by atoms with van der Waals surface area (Å²) >= 11 is 0. The van der Waals surface area contributed by atoms with Crippen LogP contribution in [0.2, 0.25) is 0 Å². The number of carbonyl (C=O) groups excluding carboxylic acids is 1. The van der Waals surface area contributed by atoms with Crippen LogP contribution >= 0.6 is 0 Å². The van der Waals surface area contributed by atoms with Crippen LogP contribution in [0.15, 0.2) is 0 Å². The molecule has 0 heterocycles. The zero-order chi connectivity index (χ0) is 10.6. The monoisotopic (exact) mass is 191 g/mol. The first-order valence-electron chi connectivity index (χ1n) is 4.78. The minimum atomic E-state index is -0.745. The Morgan fingerprint density at radius 3 is 2.50 bits per heavy atom. The molecule has 0 aromatic rings. The summed E-state index contributed by atoms with van der Waals surface area (Å²) in [6.07, 6.45) is 1.68. The average molecular weight is 191 g/mol. The molecule has 0 spiro atoms. The Labute approximate surface area is 83.7 Å². The van der Waals surface area contributed by atoms with E-state index in [1.165, 1.54) is 0 Å². The number of nitrogens with zero attached hydrogens (tertiary/aromatic N) is 3. The first-order chi connectivity index (χ1) is 6.70. The molecule has 0 saturated heterocycles. The number of carbonyl (C=O) groups is 1. The fraction of sp³-hybridized carbons (Fsp3) is 0.700. The Hall–Kier alpha value is -1.55. The summed E-state index contributed by atoms with van der Waals surface area (Å²) in [6, 6.07) is 4.07. The molecule has 14 heavy (non-hydrogen) atoms. The molecule has 1 aliphatic carbocycles. The number of amides is 1. The molecule has 1 aliphatic rings. The van der Waals surface area contributed by atoms with Gasteiger partial charge in [0.2, 0.25) is 5.91 Å². The Balaban J connectivity index is 2.58. The molecule has 0 unspecified atom stereocenters. The molecule has 0 aromatic carbocycles. The van der Waals surface area contributed by atoms with Crippen molar-refractivity contribution in [3.05, 3.63) is 0 Å². The molecule has 1 amide bonds. The second kappa shape index (κ2) is 4.11. The minimum Gasteiger partial charge on any atom is -0.341 e. The molecule has 0 aliphatic heterocycles. The summed E-state index contributed by atoms with van der Waals surface area (Å²) in [6.45, 7) is 2.88. The largest absolute Gasteiger partial charge is 0.341 e. The van der Waals surface area contributed by atoms with E-state index in [2.05, 4.69) is 6.07 Å². The predicted octanol–water partition coefficient (Wildman–Crippen LogP) is 1.05. The number of nitriles is 2. The van der Waals surface area contributed by atoms with E-state index in [1.54, 1.807) is 4.90 Å². The van der Waals surface area contributed by atoms with Crippen LogP contribution in [0.5, 0.6) is 0 Å². The molecular formula is C10H13N3O. The Bertz CT molecular complexity index is 306. The standard InChI is InChI=1S/C10H13N3O/c1-2-13(7-3-6-11)9(14)10(8-12)4-5-10/h2-5,7H2,1H3. The van der Waals surface area contributed by atoms with Gasteiger partial charge in [-0.25, -0.2) is 0 Å². The summed E-state index contributed by atoms with van der Waals surface area (Å²) in [4.78, 5) is 13.4. The molecule has 4 nitrogen and oxygen atoms in total. The van der Waals surface area contributed by atoms with Crippen molar-refractivity contribution in [3.8, 4) is 12.1 Å². The molecule has 0 aromatic heterocycles. The van der Waals surface area contributed by atoms with Gasteiger partial charge in [-0.15, -0.1) is 0 Å². The van der Waals surface area contributed by atoms with Crippen molar-refractivity contribution in [2.45, 2.75) is 26.2 Å². The van der Waals surface area contributed by atoms with Gasteiger partial charge in [0, 0.05) is 13.1 Å². The molecule has 1 saturated carbocycles. The van der Waals surface area contributed by atoms with Crippen molar-refractivity contribution in [1.29, 1.82) is 10.5 Å². The van der Waals surface area contributed by atoms with Crippen LogP contribution in [0.3, 0.4) is 0 Å². The van der Waals surface area contributed by atoms with Crippen molar-refractivity contribution in [3.63, 3.8) is 0 Å². The normalized spacial score (nSPS) is 16.5. The van der Waals surface area contributed by atoms with Crippen molar-refractivity contribution in [1.82, 2.24) is 4.90 Å². The Morgan fingerprint density at radius 1 is 1.50 bits per heavy atom. The first kappa shape index (κ1) is 10.5. The van der Waals surface area contributed by atoms with Crippen LogP contribution in [0, 0.1) is 28.1 Å². The van der Waals surface area contributed by atoms with Gasteiger partial charge >= 0.3 is 0 Å². The van der Waals surface area contributed by atoms with Crippen LogP contribution in [-0.2, 0) is 4.79 Å². The van der Waals surface area contributed by atoms with Gasteiger partial charge in [-0.1, -0.05) is 0 Å². The SMILES string of the molecule is CCN(CCC#N)C(=O)C1(C#N)CC1. The molecular weight excluding hydrogens is 178 g/mol. The lowest BCUT2D eigenvalue weighted by molar-refractivity contribution is -0.134. The van der Waals surface area contributed by atoms with Crippen molar-refractivity contribution >= 4 is 5.91 Å². The summed E-state index contributed by atoms with van der Waals surface area (Å²) in [5.41, 5.74) is -0.745. The van der Waals surface area contributed by atoms with Crippen LogP contribution in [-0.4, -0.2) is 23.9 Å². The highest BCUT2D eigenvalue weighted by Crippen LogP contribution is 2.46. The molecule has 0 bridgehead atoms. The van der Waals surface area contributed by atoms with Crippen LogP contribution in [0.1, 0.15) is 26.2 Å². The molecule has 0 atom stereocenters. The Kier molecular flexibility index (Phi) is 3.09. The number of rotatable bonds is 4. The summed E-state index contributed by atoms with van der Waals surface area (Å²) in [5, 5.41) is 17.2. The average Bonchev–Trinajstić information content (AvgIpc) is 2.99. The highest BCUT2D eigenvalue weighted by Gasteiger charge is 2.52. The van der Waals surface area contributed by atoms with E-state index in [0.717, 1.165) is 0 Å². The van der Waals surface area contributed by atoms with Gasteiger partial charge < -0.3 is 4.90 Å². The van der Waals surface area contributed by atoms with Gasteiger partial charge in [0.05, 0.1) is 18.6 Å². The quantitative estimate of drug-likeness (QED) is 0.667. The van der Waals surface area contributed by atoms with Crippen LogP contribution in [0.25, 0.3) is 0 Å². The smallest absolute Gasteiger partial charge is 0.243 e. The van der Waals surface area contributed by atoms with E-state index in [-0.39, 0.29) is 5.91 Å². The summed E-state index contributed by atoms with van der Waals surface area (Å²) in [5.74, 6) is -0.0993. The van der Waals surface area contributed by atoms with E-state index in [9.17, 15) is 4.79 Å². The van der Waals surface area contributed by atoms with E-state index in [4.69, 9.17) is 10.5 Å². The van der Waals surface area contributed by atoms with Gasteiger partial charge in [-0.05, 0) is 19.8 Å². The predicted molar refractivity (Wildman–Crippen MR) is 49.8 cm³/mol. The molecule has 0 N–H and O–H groups in total. The fourth-order valence-corrected chi connectivity index (χ4v) is 1.39. The zero-order valence-electron chi connectivity index (χ0n) is 8.29. The van der Waals surface area contributed by atoms with Crippen molar-refractivity contribution in [2.24, 2.45) is 5.41 Å². The maximum atomic E-state index is 11.8. The molecule has 1 fully saturated rings. The molecule has 1 rings (SSSR count). The van der Waals surface area contributed by atoms with Crippen molar-refractivity contribution in [2.75, 3.05) is 13.1 Å². The molecule has 0 radical (unpaired) electrons. The van der Waals surface area contributed by atoms with Crippen LogP contribution in [0.4, 0.5) is 0 Å². The Morgan fingerprint density at radius 2 is 2.14 bits per heavy atom. The van der Waals surface area contributed by atoms with Gasteiger partial charge in [0.1, 0.15) is 5.41 Å². The second-order valence-electron chi connectivity index (χ2n) is 3.49. The maximum absolute atomic E-state index is 11.8. The zero-order valence-corrected chi connectivity index (χ0v) is 8.29. The highest BCUT2D eigenvalue weighted by atomic mass is 16.2. The maximum Gasteiger partial charge on any atom is 0.243 e. The van der Waals surface area contributed by atoms with E-state index < -0.39 is 5.41 Å². The fourth-order valence-electron chi connectivity index (χ4n) is 1.39. The van der Waals surface area contributed by atoms with Gasteiger partial charge in [-0.3, -0.25) is 4.79 Å². The number of hydrogen-bond donors (Lipinski definition) is 0. The van der Waals surface area contributed by atoms with Crippen LogP contribution < -0.4 is 0 Å². The lowest BCUT2D eigenvalue weighted by atomic mass is 10.1. The second-order valence-corrected chi connectivity index (χ2v) is 3.49. The van der Waals surface area contributed by atoms with E-state index in [1.807, 2.05) is 13.0 Å². The third-order valence-corrected chi connectivity index (χ3v) is 2.54. The topological polar surface area (TPSA) is 67.9 Å². The van der Waals surface area contributed by atoms with Crippen molar-refractivity contribution < 1.29 is 4.79 Å². The third-order valence-electron chi connectivity index (χ3n) is 2.54. The molecule has 74 valence electrons. The van der Waals surface area contributed by atoms with Gasteiger partial charge in [0.25, 0.3) is 0 Å². The lowest BCUT2D eigenvalue weighted by Gasteiger charge is -2.21. The van der Waals surface area contributed by atoms with E-state index >= 15 is 0 Å². The van der Waals surface area contributed by atoms with Gasteiger partial charge in [-0.2, -0.15) is 10.5 Å². The summed E-state index contributed by atoms with van der Waals surface area (Å²) < 4.78 is 0. The number of hydrogen-bond acceptors (Lipinski definition) is 3. The summed E-state index contributed by atoms with van der Waals surface area (Å²) in [7, 11) is 0. The minimum absolute atomic E-state index is 0.0993. The lowest BCUT2D eigenvalue weighted by Crippen LogP contribution is -2.37. The van der Waals surface area contributed by atoms with Gasteiger partial charge in [0.15, 0.2) is 0 Å².